The monoisotopic (exact) mass is 337 g/mol. The van der Waals surface area contributed by atoms with Crippen LogP contribution in [0.25, 0.3) is 17.1 Å². The van der Waals surface area contributed by atoms with Crippen LogP contribution < -0.4 is 5.32 Å². The number of benzene rings is 1. The Hall–Kier alpha value is -3.26. The van der Waals surface area contributed by atoms with Crippen molar-refractivity contribution in [1.29, 1.82) is 0 Å². The quantitative estimate of drug-likeness (QED) is 0.618. The fourth-order valence-corrected chi connectivity index (χ4v) is 2.78. The van der Waals surface area contributed by atoms with Gasteiger partial charge in [-0.05, 0) is 24.3 Å². The predicted octanol–water partition coefficient (Wildman–Crippen LogP) is 3.24. The molecule has 7 nitrogen and oxygen atoms in total. The van der Waals surface area contributed by atoms with Gasteiger partial charge >= 0.3 is 0 Å². The summed E-state index contributed by atoms with van der Waals surface area (Å²) in [5.74, 6) is 0.117. The lowest BCUT2D eigenvalue weighted by Crippen LogP contribution is -2.13. The zero-order valence-electron chi connectivity index (χ0n) is 12.3. The molecule has 8 heteroatoms. The fraction of sp³-hybridized carbons (Fsp3) is 0. The highest BCUT2D eigenvalue weighted by molar-refractivity contribution is 7.13. The number of nitrogens with one attached hydrogen (secondary N) is 1. The van der Waals surface area contributed by atoms with Gasteiger partial charge in [0.15, 0.2) is 16.6 Å². The number of hydrogen-bond acceptors (Lipinski definition) is 6. The fourth-order valence-electron chi connectivity index (χ4n) is 2.26. The molecule has 1 N–H and O–H groups in total. The van der Waals surface area contributed by atoms with Crippen LogP contribution in [0.15, 0.2) is 64.7 Å². The lowest BCUT2D eigenvalue weighted by Gasteiger charge is -2.05. The van der Waals surface area contributed by atoms with Gasteiger partial charge in [0.25, 0.3) is 5.91 Å². The summed E-state index contributed by atoms with van der Waals surface area (Å²) >= 11 is 1.33. The van der Waals surface area contributed by atoms with Gasteiger partial charge in [0, 0.05) is 11.6 Å². The summed E-state index contributed by atoms with van der Waals surface area (Å²) in [5.41, 5.74) is 1.44. The molecule has 0 spiro atoms. The summed E-state index contributed by atoms with van der Waals surface area (Å²) in [6.07, 6.45) is 3.16. The molecule has 0 fully saturated rings. The maximum absolute atomic E-state index is 12.6. The van der Waals surface area contributed by atoms with E-state index in [1.807, 2.05) is 30.3 Å². The minimum Gasteiger partial charge on any atom is -0.463 e. The second kappa shape index (κ2) is 6.09. The van der Waals surface area contributed by atoms with E-state index in [9.17, 15) is 4.79 Å². The van der Waals surface area contributed by atoms with Crippen LogP contribution in [0.2, 0.25) is 0 Å². The zero-order chi connectivity index (χ0) is 16.4. The second-order valence-corrected chi connectivity index (χ2v) is 5.70. The number of para-hydroxylation sites is 1. The molecule has 3 aromatic heterocycles. The number of furan rings is 1. The first-order chi connectivity index (χ1) is 11.8. The van der Waals surface area contributed by atoms with Crippen molar-refractivity contribution in [2.45, 2.75) is 0 Å². The van der Waals surface area contributed by atoms with Gasteiger partial charge in [-0.25, -0.2) is 9.67 Å². The molecule has 0 bridgehead atoms. The van der Waals surface area contributed by atoms with E-state index in [4.69, 9.17) is 4.42 Å². The first kappa shape index (κ1) is 14.3. The van der Waals surface area contributed by atoms with Crippen molar-refractivity contribution in [3.63, 3.8) is 0 Å². The number of thiazole rings is 1. The van der Waals surface area contributed by atoms with Crippen LogP contribution in [0, 0.1) is 0 Å². The van der Waals surface area contributed by atoms with E-state index in [0.29, 0.717) is 16.6 Å². The van der Waals surface area contributed by atoms with E-state index in [1.165, 1.54) is 11.3 Å². The summed E-state index contributed by atoms with van der Waals surface area (Å²) in [5, 5.41) is 13.2. The Morgan fingerprint density at radius 3 is 2.75 bits per heavy atom. The minimum atomic E-state index is -0.390. The van der Waals surface area contributed by atoms with Crippen molar-refractivity contribution in [3.8, 4) is 17.1 Å². The number of carbonyl (C=O) groups excluding carboxylic acids is 1. The number of nitrogens with zero attached hydrogens (tertiary/aromatic N) is 4. The lowest BCUT2D eigenvalue weighted by molar-refractivity contribution is 0.102. The van der Waals surface area contributed by atoms with Crippen molar-refractivity contribution >= 4 is 22.4 Å². The molecule has 24 heavy (non-hydrogen) atoms. The Morgan fingerprint density at radius 1 is 1.17 bits per heavy atom. The summed E-state index contributed by atoms with van der Waals surface area (Å²) in [6.45, 7) is 0. The van der Waals surface area contributed by atoms with E-state index in [-0.39, 0.29) is 5.69 Å². The highest BCUT2D eigenvalue weighted by Gasteiger charge is 2.24. The molecule has 0 saturated carbocycles. The van der Waals surface area contributed by atoms with Crippen LogP contribution in [0.3, 0.4) is 0 Å². The summed E-state index contributed by atoms with van der Waals surface area (Å²) in [4.78, 5) is 16.6. The smallest absolute Gasteiger partial charge is 0.280 e. The zero-order valence-corrected chi connectivity index (χ0v) is 13.1. The van der Waals surface area contributed by atoms with Crippen LogP contribution in [0.1, 0.15) is 10.5 Å². The van der Waals surface area contributed by atoms with Crippen LogP contribution in [-0.4, -0.2) is 25.9 Å². The summed E-state index contributed by atoms with van der Waals surface area (Å²) < 4.78 is 7.05. The largest absolute Gasteiger partial charge is 0.463 e. The molecule has 3 heterocycles. The van der Waals surface area contributed by atoms with Crippen LogP contribution in [0.5, 0.6) is 0 Å². The summed E-state index contributed by atoms with van der Waals surface area (Å²) in [7, 11) is 0. The molecular weight excluding hydrogens is 326 g/mol. The average Bonchev–Trinajstić information content (AvgIpc) is 3.36. The maximum atomic E-state index is 12.6. The van der Waals surface area contributed by atoms with Gasteiger partial charge in [-0.3, -0.25) is 10.1 Å². The van der Waals surface area contributed by atoms with Crippen LogP contribution in [-0.2, 0) is 0 Å². The Morgan fingerprint density at radius 2 is 2.04 bits per heavy atom. The molecule has 0 aliphatic carbocycles. The molecule has 0 saturated heterocycles. The SMILES string of the molecule is O=C(Nc1nccs1)c1nnn(-c2ccccc2)c1-c1ccco1. The third kappa shape index (κ3) is 2.59. The first-order valence-electron chi connectivity index (χ1n) is 7.09. The van der Waals surface area contributed by atoms with Gasteiger partial charge in [0.1, 0.15) is 5.69 Å². The topological polar surface area (TPSA) is 85.8 Å². The van der Waals surface area contributed by atoms with Crippen molar-refractivity contribution in [2.24, 2.45) is 0 Å². The molecule has 0 aliphatic heterocycles. The lowest BCUT2D eigenvalue weighted by atomic mass is 10.2. The number of anilines is 1. The van der Waals surface area contributed by atoms with Gasteiger partial charge < -0.3 is 4.42 Å². The molecule has 0 radical (unpaired) electrons. The van der Waals surface area contributed by atoms with Gasteiger partial charge in [-0.1, -0.05) is 23.4 Å². The normalized spacial score (nSPS) is 10.7. The Kier molecular flexibility index (Phi) is 3.64. The van der Waals surface area contributed by atoms with Gasteiger partial charge in [0.2, 0.25) is 0 Å². The van der Waals surface area contributed by atoms with E-state index in [0.717, 1.165) is 5.69 Å². The number of amides is 1. The number of aromatic nitrogens is 4. The first-order valence-corrected chi connectivity index (χ1v) is 7.97. The van der Waals surface area contributed by atoms with E-state index >= 15 is 0 Å². The Bertz CT molecular complexity index is 946. The molecule has 4 rings (SSSR count). The predicted molar refractivity (Wildman–Crippen MR) is 89.1 cm³/mol. The average molecular weight is 337 g/mol. The van der Waals surface area contributed by atoms with Crippen molar-refractivity contribution < 1.29 is 9.21 Å². The highest BCUT2D eigenvalue weighted by Crippen LogP contribution is 2.26. The molecule has 4 aromatic rings. The third-order valence-electron chi connectivity index (χ3n) is 3.29. The standard InChI is InChI=1S/C16H11N5O2S/c22-15(18-16-17-8-10-24-16)13-14(12-7-4-9-23-12)21(20-19-13)11-5-2-1-3-6-11/h1-10H,(H,17,18,22). The molecule has 0 atom stereocenters. The van der Waals surface area contributed by atoms with Gasteiger partial charge in [-0.15, -0.1) is 16.4 Å². The summed E-state index contributed by atoms with van der Waals surface area (Å²) in [6, 6.07) is 12.9. The number of carbonyl (C=O) groups is 1. The second-order valence-electron chi connectivity index (χ2n) is 4.80. The number of rotatable bonds is 4. The molecule has 118 valence electrons. The molecule has 0 unspecified atom stereocenters. The minimum absolute atomic E-state index is 0.170. The van der Waals surface area contributed by atoms with Crippen LogP contribution in [0.4, 0.5) is 5.13 Å². The van der Waals surface area contributed by atoms with Crippen molar-refractivity contribution in [1.82, 2.24) is 20.0 Å². The van der Waals surface area contributed by atoms with Gasteiger partial charge in [-0.2, -0.15) is 0 Å². The molecule has 1 aromatic carbocycles. The van der Waals surface area contributed by atoms with Crippen molar-refractivity contribution in [2.75, 3.05) is 5.32 Å². The van der Waals surface area contributed by atoms with E-state index in [2.05, 4.69) is 20.6 Å². The van der Waals surface area contributed by atoms with Crippen molar-refractivity contribution in [3.05, 3.63) is 66.0 Å². The number of hydrogen-bond donors (Lipinski definition) is 1. The molecule has 0 aliphatic rings. The highest BCUT2D eigenvalue weighted by atomic mass is 32.1. The van der Waals surface area contributed by atoms with Crippen LogP contribution >= 0.6 is 11.3 Å². The third-order valence-corrected chi connectivity index (χ3v) is 3.98. The molecular formula is C16H11N5O2S. The molecule has 1 amide bonds. The maximum Gasteiger partial charge on any atom is 0.280 e. The Labute approximate surface area is 140 Å². The van der Waals surface area contributed by atoms with E-state index < -0.39 is 5.91 Å². The van der Waals surface area contributed by atoms with Gasteiger partial charge in [0.05, 0.1) is 12.0 Å². The Balaban J connectivity index is 1.80. The van der Waals surface area contributed by atoms with E-state index in [1.54, 1.807) is 34.7 Å².